The third-order valence-corrected chi connectivity index (χ3v) is 4.10. The van der Waals surface area contributed by atoms with Gasteiger partial charge < -0.3 is 5.32 Å². The molecule has 0 amide bonds. The molecular formula is C15H27NS. The lowest BCUT2D eigenvalue weighted by Crippen LogP contribution is -2.33. The van der Waals surface area contributed by atoms with Crippen LogP contribution in [0.4, 0.5) is 0 Å². The van der Waals surface area contributed by atoms with Crippen LogP contribution in [0.15, 0.2) is 12.1 Å². The number of thiophene rings is 1. The van der Waals surface area contributed by atoms with Crippen molar-refractivity contribution in [2.75, 3.05) is 13.1 Å². The maximum Gasteiger partial charge on any atom is 0.00539 e. The summed E-state index contributed by atoms with van der Waals surface area (Å²) in [5.74, 6) is 0.735. The van der Waals surface area contributed by atoms with Gasteiger partial charge in [0.15, 0.2) is 0 Å². The summed E-state index contributed by atoms with van der Waals surface area (Å²) in [6.07, 6.45) is 2.35. The summed E-state index contributed by atoms with van der Waals surface area (Å²) >= 11 is 1.97. The molecule has 1 aromatic rings. The van der Waals surface area contributed by atoms with Crippen LogP contribution in [0.5, 0.6) is 0 Å². The first-order chi connectivity index (χ1) is 7.93. The van der Waals surface area contributed by atoms with Crippen LogP contribution >= 0.6 is 11.3 Å². The van der Waals surface area contributed by atoms with Gasteiger partial charge in [-0.05, 0) is 42.9 Å². The normalized spacial score (nSPS) is 12.4. The maximum absolute atomic E-state index is 3.57. The summed E-state index contributed by atoms with van der Waals surface area (Å²) in [6.45, 7) is 13.7. The minimum Gasteiger partial charge on any atom is -0.316 e. The Morgan fingerprint density at radius 3 is 2.41 bits per heavy atom. The summed E-state index contributed by atoms with van der Waals surface area (Å²) in [6, 6.07) is 4.57. The van der Waals surface area contributed by atoms with Crippen molar-refractivity contribution >= 4 is 11.3 Å². The van der Waals surface area contributed by atoms with Crippen molar-refractivity contribution in [2.24, 2.45) is 11.3 Å². The minimum absolute atomic E-state index is 0.352. The van der Waals surface area contributed by atoms with Gasteiger partial charge in [0.25, 0.3) is 0 Å². The molecule has 0 unspecified atom stereocenters. The highest BCUT2D eigenvalue weighted by molar-refractivity contribution is 7.11. The standard InChI is InChI=1S/C15H27NS/c1-6-13-7-8-14(17-13)9-15(4,5)11-16-10-12(2)3/h7-8,12,16H,6,9-11H2,1-5H3. The zero-order chi connectivity index (χ0) is 12.9. The number of rotatable bonds is 7. The van der Waals surface area contributed by atoms with Gasteiger partial charge in [0, 0.05) is 16.3 Å². The van der Waals surface area contributed by atoms with Crippen LogP contribution in [0.1, 0.15) is 44.4 Å². The molecule has 17 heavy (non-hydrogen) atoms. The van der Waals surface area contributed by atoms with E-state index in [1.807, 2.05) is 11.3 Å². The molecule has 1 N–H and O–H groups in total. The zero-order valence-electron chi connectivity index (χ0n) is 12.0. The van der Waals surface area contributed by atoms with Crippen molar-refractivity contribution in [3.05, 3.63) is 21.9 Å². The number of hydrogen-bond donors (Lipinski definition) is 1. The van der Waals surface area contributed by atoms with E-state index in [1.165, 1.54) is 16.2 Å². The highest BCUT2D eigenvalue weighted by Gasteiger charge is 2.19. The molecule has 0 atom stereocenters. The summed E-state index contributed by atoms with van der Waals surface area (Å²) in [5.41, 5.74) is 0.352. The lowest BCUT2D eigenvalue weighted by Gasteiger charge is -2.25. The van der Waals surface area contributed by atoms with Gasteiger partial charge >= 0.3 is 0 Å². The van der Waals surface area contributed by atoms with Gasteiger partial charge in [0.1, 0.15) is 0 Å². The van der Waals surface area contributed by atoms with E-state index in [-0.39, 0.29) is 0 Å². The van der Waals surface area contributed by atoms with Crippen LogP contribution in [0, 0.1) is 11.3 Å². The molecule has 98 valence electrons. The molecule has 1 nitrogen and oxygen atoms in total. The van der Waals surface area contributed by atoms with Crippen molar-refractivity contribution in [2.45, 2.75) is 47.5 Å². The van der Waals surface area contributed by atoms with E-state index < -0.39 is 0 Å². The highest BCUT2D eigenvalue weighted by Crippen LogP contribution is 2.26. The third kappa shape index (κ3) is 5.69. The fourth-order valence-electron chi connectivity index (χ4n) is 1.94. The van der Waals surface area contributed by atoms with E-state index >= 15 is 0 Å². The van der Waals surface area contributed by atoms with Crippen molar-refractivity contribution in [1.82, 2.24) is 5.32 Å². The number of aryl methyl sites for hydroxylation is 1. The van der Waals surface area contributed by atoms with E-state index in [0.29, 0.717) is 5.41 Å². The van der Waals surface area contributed by atoms with Crippen molar-refractivity contribution in [3.63, 3.8) is 0 Å². The summed E-state index contributed by atoms with van der Waals surface area (Å²) in [5, 5.41) is 3.57. The minimum atomic E-state index is 0.352. The zero-order valence-corrected chi connectivity index (χ0v) is 12.8. The largest absolute Gasteiger partial charge is 0.316 e. The van der Waals surface area contributed by atoms with Gasteiger partial charge in [-0.1, -0.05) is 34.6 Å². The van der Waals surface area contributed by atoms with E-state index in [9.17, 15) is 0 Å². The Bertz CT molecular complexity index is 325. The van der Waals surface area contributed by atoms with Crippen molar-refractivity contribution in [1.29, 1.82) is 0 Å². The first kappa shape index (κ1) is 14.7. The lowest BCUT2D eigenvalue weighted by molar-refractivity contribution is 0.332. The molecule has 1 aromatic heterocycles. The van der Waals surface area contributed by atoms with Crippen molar-refractivity contribution in [3.8, 4) is 0 Å². The summed E-state index contributed by atoms with van der Waals surface area (Å²) < 4.78 is 0. The predicted octanol–water partition coefficient (Wildman–Crippen LogP) is 4.12. The van der Waals surface area contributed by atoms with E-state index in [1.54, 1.807) is 0 Å². The first-order valence-corrected chi connectivity index (χ1v) is 7.53. The average molecular weight is 253 g/mol. The molecule has 0 saturated heterocycles. The maximum atomic E-state index is 3.57. The van der Waals surface area contributed by atoms with Crippen LogP contribution in [-0.2, 0) is 12.8 Å². The molecule has 0 bridgehead atoms. The van der Waals surface area contributed by atoms with E-state index in [4.69, 9.17) is 0 Å². The van der Waals surface area contributed by atoms with Gasteiger partial charge in [-0.25, -0.2) is 0 Å². The molecule has 0 fully saturated rings. The molecular weight excluding hydrogens is 226 g/mol. The molecule has 1 heterocycles. The van der Waals surface area contributed by atoms with Gasteiger partial charge in [-0.3, -0.25) is 0 Å². The third-order valence-electron chi connectivity index (χ3n) is 2.87. The summed E-state index contributed by atoms with van der Waals surface area (Å²) in [7, 11) is 0. The number of hydrogen-bond acceptors (Lipinski definition) is 2. The fraction of sp³-hybridized carbons (Fsp3) is 0.733. The van der Waals surface area contributed by atoms with Crippen LogP contribution in [0.25, 0.3) is 0 Å². The van der Waals surface area contributed by atoms with Crippen LogP contribution in [0.2, 0.25) is 0 Å². The van der Waals surface area contributed by atoms with E-state index in [0.717, 1.165) is 25.4 Å². The second-order valence-corrected chi connectivity index (χ2v) is 7.34. The predicted molar refractivity (Wildman–Crippen MR) is 78.9 cm³/mol. The second kappa shape index (κ2) is 6.55. The molecule has 0 aliphatic rings. The second-order valence-electron chi connectivity index (χ2n) is 6.09. The van der Waals surface area contributed by atoms with E-state index in [2.05, 4.69) is 52.1 Å². The molecule has 0 aromatic carbocycles. The molecule has 0 aliphatic heterocycles. The Labute approximate surface area is 111 Å². The molecule has 1 rings (SSSR count). The van der Waals surface area contributed by atoms with Crippen LogP contribution in [0.3, 0.4) is 0 Å². The summed E-state index contributed by atoms with van der Waals surface area (Å²) in [4.78, 5) is 3.03. The van der Waals surface area contributed by atoms with Gasteiger partial charge in [-0.15, -0.1) is 11.3 Å². The number of nitrogens with one attached hydrogen (secondary N) is 1. The first-order valence-electron chi connectivity index (χ1n) is 6.71. The molecule has 0 spiro atoms. The Morgan fingerprint density at radius 1 is 1.24 bits per heavy atom. The Kier molecular flexibility index (Phi) is 5.68. The quantitative estimate of drug-likeness (QED) is 0.770. The van der Waals surface area contributed by atoms with Crippen molar-refractivity contribution < 1.29 is 0 Å². The fourth-order valence-corrected chi connectivity index (χ4v) is 3.16. The van der Waals surface area contributed by atoms with Crippen LogP contribution < -0.4 is 5.32 Å². The Morgan fingerprint density at radius 2 is 1.88 bits per heavy atom. The Balaban J connectivity index is 2.42. The molecule has 0 radical (unpaired) electrons. The van der Waals surface area contributed by atoms with Gasteiger partial charge in [0.05, 0.1) is 0 Å². The smallest absolute Gasteiger partial charge is 0.00539 e. The molecule has 0 aliphatic carbocycles. The molecule has 2 heteroatoms. The topological polar surface area (TPSA) is 12.0 Å². The lowest BCUT2D eigenvalue weighted by atomic mass is 9.88. The van der Waals surface area contributed by atoms with Crippen LogP contribution in [-0.4, -0.2) is 13.1 Å². The molecule has 0 saturated carbocycles. The van der Waals surface area contributed by atoms with Gasteiger partial charge in [0.2, 0.25) is 0 Å². The Hall–Kier alpha value is -0.340. The monoisotopic (exact) mass is 253 g/mol. The SMILES string of the molecule is CCc1ccc(CC(C)(C)CNCC(C)C)s1. The highest BCUT2D eigenvalue weighted by atomic mass is 32.1. The average Bonchev–Trinajstić information content (AvgIpc) is 2.63. The van der Waals surface area contributed by atoms with Gasteiger partial charge in [-0.2, -0.15) is 0 Å².